The maximum atomic E-state index is 12.3. The summed E-state index contributed by atoms with van der Waals surface area (Å²) in [4.78, 5) is 13.9. The van der Waals surface area contributed by atoms with Gasteiger partial charge < -0.3 is 10.6 Å². The number of anilines is 1. The van der Waals surface area contributed by atoms with E-state index in [4.69, 9.17) is 17.3 Å². The fourth-order valence-corrected chi connectivity index (χ4v) is 3.09. The summed E-state index contributed by atoms with van der Waals surface area (Å²) in [6.45, 7) is 0.557. The Morgan fingerprint density at radius 2 is 2.20 bits per heavy atom. The van der Waals surface area contributed by atoms with Gasteiger partial charge in [-0.1, -0.05) is 17.7 Å². The second-order valence-corrected chi connectivity index (χ2v) is 7.73. The minimum Gasteiger partial charge on any atom is -0.320 e. The van der Waals surface area contributed by atoms with E-state index in [-0.39, 0.29) is 18.1 Å². The zero-order valence-electron chi connectivity index (χ0n) is 11.2. The number of hydrogen-bond donors (Lipinski definition) is 1. The SMILES string of the molecule is CS(=O)(=O)CCC(N)C(=O)N1CCc2ccc(Cl)cc21. The molecule has 20 heavy (non-hydrogen) atoms. The lowest BCUT2D eigenvalue weighted by molar-refractivity contribution is -0.119. The van der Waals surface area contributed by atoms with Gasteiger partial charge in [0.25, 0.3) is 0 Å². The number of rotatable bonds is 4. The van der Waals surface area contributed by atoms with Crippen molar-refractivity contribution in [2.45, 2.75) is 18.9 Å². The number of carbonyl (C=O) groups is 1. The highest BCUT2D eigenvalue weighted by molar-refractivity contribution is 7.90. The molecule has 7 heteroatoms. The van der Waals surface area contributed by atoms with E-state index in [1.807, 2.05) is 6.07 Å². The van der Waals surface area contributed by atoms with Crippen molar-refractivity contribution >= 4 is 33.0 Å². The second kappa shape index (κ2) is 5.71. The highest BCUT2D eigenvalue weighted by Gasteiger charge is 2.28. The van der Waals surface area contributed by atoms with Crippen molar-refractivity contribution in [1.29, 1.82) is 0 Å². The molecule has 1 aromatic rings. The van der Waals surface area contributed by atoms with Crippen LogP contribution in [0.15, 0.2) is 18.2 Å². The Morgan fingerprint density at radius 1 is 1.50 bits per heavy atom. The second-order valence-electron chi connectivity index (χ2n) is 5.04. The van der Waals surface area contributed by atoms with Gasteiger partial charge in [-0.25, -0.2) is 8.42 Å². The summed E-state index contributed by atoms with van der Waals surface area (Å²) < 4.78 is 22.2. The molecule has 1 aliphatic rings. The highest BCUT2D eigenvalue weighted by Crippen LogP contribution is 2.31. The minimum absolute atomic E-state index is 0.0872. The molecule has 0 aromatic heterocycles. The van der Waals surface area contributed by atoms with Gasteiger partial charge in [-0.05, 0) is 30.5 Å². The number of carbonyl (C=O) groups excluding carboxylic acids is 1. The first-order valence-corrected chi connectivity index (χ1v) is 8.75. The average Bonchev–Trinajstić information content (AvgIpc) is 2.77. The Labute approximate surface area is 123 Å². The van der Waals surface area contributed by atoms with Crippen molar-refractivity contribution in [1.82, 2.24) is 0 Å². The molecule has 0 aliphatic carbocycles. The van der Waals surface area contributed by atoms with E-state index in [9.17, 15) is 13.2 Å². The van der Waals surface area contributed by atoms with Crippen molar-refractivity contribution in [3.63, 3.8) is 0 Å². The van der Waals surface area contributed by atoms with Gasteiger partial charge in [0.1, 0.15) is 9.84 Å². The van der Waals surface area contributed by atoms with Crippen LogP contribution in [-0.4, -0.2) is 38.9 Å². The van der Waals surface area contributed by atoms with Gasteiger partial charge in [-0.2, -0.15) is 0 Å². The van der Waals surface area contributed by atoms with Crippen molar-refractivity contribution in [3.05, 3.63) is 28.8 Å². The molecule has 0 saturated carbocycles. The quantitative estimate of drug-likeness (QED) is 0.898. The van der Waals surface area contributed by atoms with Crippen LogP contribution in [0.25, 0.3) is 0 Å². The first kappa shape index (κ1) is 15.3. The van der Waals surface area contributed by atoms with Crippen molar-refractivity contribution in [3.8, 4) is 0 Å². The van der Waals surface area contributed by atoms with Gasteiger partial charge in [0.15, 0.2) is 0 Å². The monoisotopic (exact) mass is 316 g/mol. The lowest BCUT2D eigenvalue weighted by atomic mass is 10.1. The smallest absolute Gasteiger partial charge is 0.243 e. The van der Waals surface area contributed by atoms with Gasteiger partial charge in [-0.3, -0.25) is 4.79 Å². The Hall–Kier alpha value is -1.11. The molecule has 1 aromatic carbocycles. The summed E-state index contributed by atoms with van der Waals surface area (Å²) in [5.74, 6) is -0.342. The number of hydrogen-bond acceptors (Lipinski definition) is 4. The average molecular weight is 317 g/mol. The molecule has 5 nitrogen and oxygen atoms in total. The van der Waals surface area contributed by atoms with Crippen LogP contribution < -0.4 is 10.6 Å². The molecule has 1 heterocycles. The molecule has 2 rings (SSSR count). The molecular formula is C13H17ClN2O3S. The Bertz CT molecular complexity index is 631. The molecular weight excluding hydrogens is 300 g/mol. The molecule has 1 unspecified atom stereocenters. The van der Waals surface area contributed by atoms with Crippen molar-refractivity contribution in [2.24, 2.45) is 5.73 Å². The Morgan fingerprint density at radius 3 is 2.85 bits per heavy atom. The van der Waals surface area contributed by atoms with Crippen LogP contribution >= 0.6 is 11.6 Å². The number of nitrogens with zero attached hydrogens (tertiary/aromatic N) is 1. The summed E-state index contributed by atoms with van der Waals surface area (Å²) in [6, 6.07) is 4.62. The highest BCUT2D eigenvalue weighted by atomic mass is 35.5. The minimum atomic E-state index is -3.12. The van der Waals surface area contributed by atoms with E-state index in [2.05, 4.69) is 0 Å². The zero-order valence-corrected chi connectivity index (χ0v) is 12.7. The van der Waals surface area contributed by atoms with Crippen LogP contribution in [0.1, 0.15) is 12.0 Å². The van der Waals surface area contributed by atoms with Gasteiger partial charge in [-0.15, -0.1) is 0 Å². The van der Waals surface area contributed by atoms with Gasteiger partial charge in [0.05, 0.1) is 11.8 Å². The zero-order chi connectivity index (χ0) is 14.9. The maximum absolute atomic E-state index is 12.3. The van der Waals surface area contributed by atoms with Crippen LogP contribution in [0.3, 0.4) is 0 Å². The van der Waals surface area contributed by atoms with Crippen molar-refractivity contribution < 1.29 is 13.2 Å². The lowest BCUT2D eigenvalue weighted by Crippen LogP contribution is -2.44. The summed E-state index contributed by atoms with van der Waals surface area (Å²) in [6.07, 6.45) is 2.02. The molecule has 110 valence electrons. The fourth-order valence-electron chi connectivity index (χ4n) is 2.25. The first-order valence-electron chi connectivity index (χ1n) is 6.31. The topological polar surface area (TPSA) is 80.5 Å². The van der Waals surface area contributed by atoms with Crippen LogP contribution in [-0.2, 0) is 21.1 Å². The van der Waals surface area contributed by atoms with E-state index < -0.39 is 15.9 Å². The third kappa shape index (κ3) is 3.50. The van der Waals surface area contributed by atoms with E-state index in [1.54, 1.807) is 17.0 Å². The van der Waals surface area contributed by atoms with E-state index in [0.717, 1.165) is 23.9 Å². The van der Waals surface area contributed by atoms with Crippen LogP contribution in [0, 0.1) is 0 Å². The molecule has 1 atom stereocenters. The summed E-state index contributed by atoms with van der Waals surface area (Å²) in [7, 11) is -3.12. The first-order chi connectivity index (χ1) is 9.28. The van der Waals surface area contributed by atoms with Gasteiger partial charge in [0.2, 0.25) is 5.91 Å². The van der Waals surface area contributed by atoms with E-state index >= 15 is 0 Å². The standard InChI is InChI=1S/C13H17ClN2O3S/c1-20(18,19)7-5-11(15)13(17)16-6-4-9-2-3-10(14)8-12(9)16/h2-3,8,11H,4-7,15H2,1H3. The number of amides is 1. The predicted molar refractivity (Wildman–Crippen MR) is 79.8 cm³/mol. The molecule has 0 spiro atoms. The maximum Gasteiger partial charge on any atom is 0.243 e. The molecule has 2 N–H and O–H groups in total. The Kier molecular flexibility index (Phi) is 4.36. The summed E-state index contributed by atoms with van der Waals surface area (Å²) >= 11 is 5.95. The lowest BCUT2D eigenvalue weighted by Gasteiger charge is -2.21. The molecule has 0 bridgehead atoms. The van der Waals surface area contributed by atoms with Gasteiger partial charge in [0, 0.05) is 23.5 Å². The third-order valence-electron chi connectivity index (χ3n) is 3.33. The fraction of sp³-hybridized carbons (Fsp3) is 0.462. The summed E-state index contributed by atoms with van der Waals surface area (Å²) in [5, 5.41) is 0.563. The normalized spacial score (nSPS) is 16.1. The Balaban J connectivity index is 2.10. The van der Waals surface area contributed by atoms with Crippen LogP contribution in [0.4, 0.5) is 5.69 Å². The number of nitrogens with two attached hydrogens (primary N) is 1. The van der Waals surface area contributed by atoms with Crippen LogP contribution in [0.5, 0.6) is 0 Å². The third-order valence-corrected chi connectivity index (χ3v) is 4.54. The molecule has 1 aliphatic heterocycles. The van der Waals surface area contributed by atoms with E-state index in [0.29, 0.717) is 11.6 Å². The van der Waals surface area contributed by atoms with Crippen molar-refractivity contribution in [2.75, 3.05) is 23.5 Å². The van der Waals surface area contributed by atoms with Gasteiger partial charge >= 0.3 is 0 Å². The molecule has 0 radical (unpaired) electrons. The number of benzene rings is 1. The number of halogens is 1. The van der Waals surface area contributed by atoms with E-state index in [1.165, 1.54) is 0 Å². The number of sulfone groups is 1. The largest absolute Gasteiger partial charge is 0.320 e. The molecule has 0 fully saturated rings. The predicted octanol–water partition coefficient (Wildman–Crippen LogP) is 0.991. The van der Waals surface area contributed by atoms with Crippen LogP contribution in [0.2, 0.25) is 5.02 Å². The summed E-state index contributed by atoms with van der Waals surface area (Å²) in [5.41, 5.74) is 7.64. The number of fused-ring (bicyclic) bond motifs is 1. The molecule has 1 amide bonds. The molecule has 0 saturated heterocycles.